The number of hydrogen-bond acceptors (Lipinski definition) is 4. The molecule has 1 amide bonds. The van der Waals surface area contributed by atoms with Crippen LogP contribution < -0.4 is 5.32 Å². The summed E-state index contributed by atoms with van der Waals surface area (Å²) in [6.07, 6.45) is 3.04. The molecule has 0 spiro atoms. The molecule has 16 heavy (non-hydrogen) atoms. The normalized spacial score (nSPS) is 13.8. The maximum absolute atomic E-state index is 11.7. The van der Waals surface area contributed by atoms with Crippen molar-refractivity contribution in [2.45, 2.75) is 32.7 Å². The van der Waals surface area contributed by atoms with Crippen molar-refractivity contribution < 1.29 is 4.79 Å². The lowest BCUT2D eigenvalue weighted by molar-refractivity contribution is -0.124. The lowest BCUT2D eigenvalue weighted by Gasteiger charge is -2.16. The van der Waals surface area contributed by atoms with Crippen LogP contribution in [0.15, 0.2) is 11.6 Å². The first-order valence-electron chi connectivity index (χ1n) is 5.32. The zero-order valence-electron chi connectivity index (χ0n) is 9.43. The molecule has 1 rings (SSSR count). The first-order chi connectivity index (χ1) is 7.72. The van der Waals surface area contributed by atoms with E-state index in [1.807, 2.05) is 25.3 Å². The van der Waals surface area contributed by atoms with E-state index in [2.05, 4.69) is 10.3 Å². The van der Waals surface area contributed by atoms with Gasteiger partial charge in [0.1, 0.15) is 10.9 Å². The molecule has 0 aromatic carbocycles. The van der Waals surface area contributed by atoms with Crippen molar-refractivity contribution in [2.75, 3.05) is 0 Å². The first-order valence-corrected chi connectivity index (χ1v) is 6.20. The van der Waals surface area contributed by atoms with Crippen LogP contribution in [0.2, 0.25) is 0 Å². The highest BCUT2D eigenvalue weighted by Gasteiger charge is 2.20. The molecule has 86 valence electrons. The molecular weight excluding hydrogens is 222 g/mol. The van der Waals surface area contributed by atoms with E-state index in [0.717, 1.165) is 11.4 Å². The van der Waals surface area contributed by atoms with E-state index in [9.17, 15) is 4.79 Å². The molecule has 1 heterocycles. The molecule has 0 fully saturated rings. The van der Waals surface area contributed by atoms with Gasteiger partial charge in [-0.3, -0.25) is 4.79 Å². The SMILES string of the molecule is CCC(C#N)C(=O)NC(CC)c1nccs1. The maximum Gasteiger partial charge on any atom is 0.237 e. The van der Waals surface area contributed by atoms with Gasteiger partial charge in [-0.25, -0.2) is 4.98 Å². The second kappa shape index (κ2) is 6.23. The number of amides is 1. The van der Waals surface area contributed by atoms with Gasteiger partial charge < -0.3 is 5.32 Å². The standard InChI is InChI=1S/C11H15N3OS/c1-3-8(7-12)10(15)14-9(4-2)11-13-5-6-16-11/h5-6,8-9H,3-4H2,1-2H3,(H,14,15). The smallest absolute Gasteiger partial charge is 0.237 e. The molecule has 1 aromatic rings. The summed E-state index contributed by atoms with van der Waals surface area (Å²) in [6.45, 7) is 3.82. The Morgan fingerprint density at radius 3 is 2.81 bits per heavy atom. The van der Waals surface area contributed by atoms with Crippen LogP contribution in [-0.4, -0.2) is 10.9 Å². The van der Waals surface area contributed by atoms with Gasteiger partial charge in [0.25, 0.3) is 0 Å². The largest absolute Gasteiger partial charge is 0.346 e. The minimum Gasteiger partial charge on any atom is -0.346 e. The van der Waals surface area contributed by atoms with Crippen molar-refractivity contribution in [3.63, 3.8) is 0 Å². The summed E-state index contributed by atoms with van der Waals surface area (Å²) in [5, 5.41) is 14.4. The van der Waals surface area contributed by atoms with Gasteiger partial charge in [-0.15, -0.1) is 11.3 Å². The molecule has 0 saturated heterocycles. The topological polar surface area (TPSA) is 65.8 Å². The lowest BCUT2D eigenvalue weighted by Crippen LogP contribution is -2.33. The fourth-order valence-corrected chi connectivity index (χ4v) is 2.13. The summed E-state index contributed by atoms with van der Waals surface area (Å²) >= 11 is 1.52. The van der Waals surface area contributed by atoms with E-state index in [1.165, 1.54) is 11.3 Å². The number of aromatic nitrogens is 1. The van der Waals surface area contributed by atoms with Crippen LogP contribution >= 0.6 is 11.3 Å². The monoisotopic (exact) mass is 237 g/mol. The third-order valence-electron chi connectivity index (χ3n) is 2.35. The van der Waals surface area contributed by atoms with Crippen LogP contribution in [-0.2, 0) is 4.79 Å². The number of nitrogens with zero attached hydrogens (tertiary/aromatic N) is 2. The molecule has 0 aliphatic heterocycles. The Balaban J connectivity index is 2.65. The third-order valence-corrected chi connectivity index (χ3v) is 3.24. The summed E-state index contributed by atoms with van der Waals surface area (Å²) in [5.74, 6) is -0.763. The Morgan fingerprint density at radius 1 is 1.62 bits per heavy atom. The predicted molar refractivity (Wildman–Crippen MR) is 62.7 cm³/mol. The van der Waals surface area contributed by atoms with Gasteiger partial charge in [0.05, 0.1) is 12.1 Å². The first kappa shape index (κ1) is 12.7. The van der Waals surface area contributed by atoms with Gasteiger partial charge >= 0.3 is 0 Å². The highest BCUT2D eigenvalue weighted by molar-refractivity contribution is 7.09. The summed E-state index contributed by atoms with van der Waals surface area (Å²) < 4.78 is 0. The van der Waals surface area contributed by atoms with Gasteiger partial charge in [-0.2, -0.15) is 5.26 Å². The van der Waals surface area contributed by atoms with Crippen LogP contribution in [0.5, 0.6) is 0 Å². The second-order valence-corrected chi connectivity index (χ2v) is 4.36. The molecule has 0 saturated carbocycles. The Morgan fingerprint density at radius 2 is 2.38 bits per heavy atom. The Kier molecular flexibility index (Phi) is 4.93. The molecule has 2 unspecified atom stereocenters. The molecule has 1 N–H and O–H groups in total. The number of rotatable bonds is 5. The van der Waals surface area contributed by atoms with Gasteiger partial charge in [-0.05, 0) is 12.8 Å². The fraction of sp³-hybridized carbons (Fsp3) is 0.545. The van der Waals surface area contributed by atoms with Gasteiger partial charge in [0, 0.05) is 11.6 Å². The highest BCUT2D eigenvalue weighted by Crippen LogP contribution is 2.19. The van der Waals surface area contributed by atoms with Gasteiger partial charge in [0.15, 0.2) is 0 Å². The maximum atomic E-state index is 11.7. The molecule has 2 atom stereocenters. The van der Waals surface area contributed by atoms with E-state index in [1.54, 1.807) is 6.20 Å². The minimum absolute atomic E-state index is 0.0742. The fourth-order valence-electron chi connectivity index (χ4n) is 1.35. The number of thiazole rings is 1. The van der Waals surface area contributed by atoms with Crippen LogP contribution in [0.3, 0.4) is 0 Å². The van der Waals surface area contributed by atoms with E-state index in [-0.39, 0.29) is 11.9 Å². The summed E-state index contributed by atoms with van der Waals surface area (Å²) in [6, 6.07) is 1.92. The van der Waals surface area contributed by atoms with Crippen molar-refractivity contribution in [3.8, 4) is 6.07 Å². The Bertz CT molecular complexity index is 369. The van der Waals surface area contributed by atoms with Gasteiger partial charge in [-0.1, -0.05) is 13.8 Å². The molecule has 0 aliphatic carbocycles. The Hall–Kier alpha value is -1.41. The summed E-state index contributed by atoms with van der Waals surface area (Å²) in [4.78, 5) is 15.9. The highest BCUT2D eigenvalue weighted by atomic mass is 32.1. The minimum atomic E-state index is -0.561. The van der Waals surface area contributed by atoms with E-state index in [4.69, 9.17) is 5.26 Å². The average molecular weight is 237 g/mol. The van der Waals surface area contributed by atoms with Crippen LogP contribution in [0.4, 0.5) is 0 Å². The number of nitriles is 1. The van der Waals surface area contributed by atoms with E-state index < -0.39 is 5.92 Å². The number of carbonyl (C=O) groups is 1. The van der Waals surface area contributed by atoms with Gasteiger partial charge in [0.2, 0.25) is 5.91 Å². The lowest BCUT2D eigenvalue weighted by atomic mass is 10.1. The number of carbonyl (C=O) groups excluding carboxylic acids is 1. The number of hydrogen-bond donors (Lipinski definition) is 1. The van der Waals surface area contributed by atoms with E-state index >= 15 is 0 Å². The predicted octanol–water partition coefficient (Wildman–Crippen LogP) is 2.26. The van der Waals surface area contributed by atoms with E-state index in [0.29, 0.717) is 6.42 Å². The summed E-state index contributed by atoms with van der Waals surface area (Å²) in [5.41, 5.74) is 0. The zero-order valence-corrected chi connectivity index (χ0v) is 10.3. The van der Waals surface area contributed by atoms with Crippen LogP contribution in [0, 0.1) is 17.2 Å². The van der Waals surface area contributed by atoms with Crippen LogP contribution in [0.25, 0.3) is 0 Å². The molecule has 1 aromatic heterocycles. The molecular formula is C11H15N3OS. The molecule has 5 heteroatoms. The van der Waals surface area contributed by atoms with Crippen molar-refractivity contribution in [3.05, 3.63) is 16.6 Å². The zero-order chi connectivity index (χ0) is 12.0. The van der Waals surface area contributed by atoms with Crippen molar-refractivity contribution >= 4 is 17.2 Å². The second-order valence-electron chi connectivity index (χ2n) is 3.43. The summed E-state index contributed by atoms with van der Waals surface area (Å²) in [7, 11) is 0. The van der Waals surface area contributed by atoms with Crippen LogP contribution in [0.1, 0.15) is 37.7 Å². The quantitative estimate of drug-likeness (QED) is 0.854. The molecule has 0 bridgehead atoms. The van der Waals surface area contributed by atoms with Crippen molar-refractivity contribution in [1.82, 2.24) is 10.3 Å². The van der Waals surface area contributed by atoms with Crippen molar-refractivity contribution in [1.29, 1.82) is 5.26 Å². The van der Waals surface area contributed by atoms with Crippen molar-refractivity contribution in [2.24, 2.45) is 5.92 Å². The molecule has 4 nitrogen and oxygen atoms in total. The average Bonchev–Trinajstić information content (AvgIpc) is 2.81. The third kappa shape index (κ3) is 3.04. The Labute approximate surface area is 99.3 Å². The molecule has 0 aliphatic rings. The molecule has 0 radical (unpaired) electrons. The number of nitrogens with one attached hydrogen (secondary N) is 1.